The van der Waals surface area contributed by atoms with E-state index in [1.165, 1.54) is 11.3 Å². The largest absolute Gasteiger partial charge is 0.496 e. The van der Waals surface area contributed by atoms with Crippen molar-refractivity contribution in [2.75, 3.05) is 7.11 Å². The first-order valence-corrected chi connectivity index (χ1v) is 14.1. The second-order valence-electron chi connectivity index (χ2n) is 9.46. The Morgan fingerprint density at radius 3 is 2.74 bits per heavy atom. The van der Waals surface area contributed by atoms with Gasteiger partial charge < -0.3 is 14.0 Å². The van der Waals surface area contributed by atoms with Crippen molar-refractivity contribution < 1.29 is 14.3 Å². The van der Waals surface area contributed by atoms with Crippen LogP contribution in [0.4, 0.5) is 0 Å². The first-order valence-electron chi connectivity index (χ1n) is 12.5. The Bertz CT molecular complexity index is 1830. The number of fused-ring (bicyclic) bond motifs is 2. The Balaban J connectivity index is 1.77. The summed E-state index contributed by atoms with van der Waals surface area (Å²) < 4.78 is 16.3. The van der Waals surface area contributed by atoms with Crippen molar-refractivity contribution in [3.63, 3.8) is 0 Å². The van der Waals surface area contributed by atoms with Crippen molar-refractivity contribution in [3.05, 3.63) is 108 Å². The van der Waals surface area contributed by atoms with E-state index in [1.54, 1.807) is 32.4 Å². The van der Waals surface area contributed by atoms with E-state index in [4.69, 9.17) is 14.5 Å². The van der Waals surface area contributed by atoms with Crippen LogP contribution in [0.5, 0.6) is 5.75 Å². The Kier molecular flexibility index (Phi) is 7.46. The molecular weight excluding hydrogens is 578 g/mol. The molecule has 0 fully saturated rings. The molecule has 2 aromatic heterocycles. The number of thiazole rings is 1. The van der Waals surface area contributed by atoms with Crippen LogP contribution < -0.4 is 19.6 Å². The van der Waals surface area contributed by atoms with Gasteiger partial charge in [-0.15, -0.1) is 6.58 Å². The quantitative estimate of drug-likeness (QED) is 0.217. The molecule has 9 heteroatoms. The van der Waals surface area contributed by atoms with Crippen molar-refractivity contribution in [1.82, 2.24) is 9.13 Å². The normalized spacial score (nSPS) is 15.4. The second-order valence-corrected chi connectivity index (χ2v) is 11.4. The van der Waals surface area contributed by atoms with Crippen LogP contribution in [-0.2, 0) is 16.1 Å². The van der Waals surface area contributed by atoms with Crippen molar-refractivity contribution in [1.29, 1.82) is 0 Å². The average molecular weight is 607 g/mol. The second kappa shape index (κ2) is 10.8. The van der Waals surface area contributed by atoms with E-state index in [1.807, 2.05) is 60.8 Å². The van der Waals surface area contributed by atoms with E-state index in [-0.39, 0.29) is 11.7 Å². The number of ether oxygens (including phenoxy) is 2. The number of carbonyl (C=O) groups excluding carboxylic acids is 1. The summed E-state index contributed by atoms with van der Waals surface area (Å²) in [6.45, 7) is 9.88. The summed E-state index contributed by atoms with van der Waals surface area (Å²) in [6.07, 6.45) is 5.43. The lowest BCUT2D eigenvalue weighted by molar-refractivity contribution is -0.143. The Morgan fingerprint density at radius 1 is 1.26 bits per heavy atom. The highest BCUT2D eigenvalue weighted by Gasteiger charge is 2.35. The maximum atomic E-state index is 14.1. The van der Waals surface area contributed by atoms with E-state index in [9.17, 15) is 9.59 Å². The molecule has 200 valence electrons. The van der Waals surface area contributed by atoms with Crippen LogP contribution in [0, 0.1) is 0 Å². The third-order valence-corrected chi connectivity index (χ3v) is 7.98. The lowest BCUT2D eigenvalue weighted by Crippen LogP contribution is -2.40. The number of benzene rings is 2. The number of methoxy groups -OCH3 is 1. The molecule has 39 heavy (non-hydrogen) atoms. The Hall–Kier alpha value is -3.69. The topological polar surface area (TPSA) is 74.8 Å². The van der Waals surface area contributed by atoms with Crippen molar-refractivity contribution in [2.24, 2.45) is 4.99 Å². The maximum absolute atomic E-state index is 14.1. The minimum atomic E-state index is -0.774. The van der Waals surface area contributed by atoms with E-state index >= 15 is 0 Å². The molecule has 0 saturated carbocycles. The molecule has 2 aromatic carbocycles. The zero-order chi connectivity index (χ0) is 27.8. The van der Waals surface area contributed by atoms with Crippen LogP contribution in [0.3, 0.4) is 0 Å². The summed E-state index contributed by atoms with van der Waals surface area (Å²) in [5, 5.41) is 1.03. The highest BCUT2D eigenvalue weighted by atomic mass is 79.9. The molecule has 0 bridgehead atoms. The van der Waals surface area contributed by atoms with Gasteiger partial charge in [0.2, 0.25) is 0 Å². The van der Waals surface area contributed by atoms with Crippen LogP contribution in [0.2, 0.25) is 0 Å². The van der Waals surface area contributed by atoms with Crippen LogP contribution >= 0.6 is 27.3 Å². The van der Waals surface area contributed by atoms with Gasteiger partial charge in [-0.3, -0.25) is 9.36 Å². The van der Waals surface area contributed by atoms with Crippen molar-refractivity contribution >= 4 is 50.2 Å². The summed E-state index contributed by atoms with van der Waals surface area (Å²) >= 11 is 4.83. The minimum Gasteiger partial charge on any atom is -0.496 e. The monoisotopic (exact) mass is 605 g/mol. The van der Waals surface area contributed by atoms with Gasteiger partial charge in [-0.1, -0.05) is 51.5 Å². The predicted octanol–water partition coefficient (Wildman–Crippen LogP) is 5.10. The number of para-hydroxylation sites is 1. The predicted molar refractivity (Wildman–Crippen MR) is 158 cm³/mol. The molecule has 3 heterocycles. The fourth-order valence-corrected chi connectivity index (χ4v) is 6.31. The van der Waals surface area contributed by atoms with Gasteiger partial charge in [0.15, 0.2) is 4.80 Å². The Labute approximate surface area is 238 Å². The molecule has 0 radical (unpaired) electrons. The number of halogens is 1. The van der Waals surface area contributed by atoms with Crippen LogP contribution in [-0.4, -0.2) is 28.3 Å². The minimum absolute atomic E-state index is 0.242. The van der Waals surface area contributed by atoms with Gasteiger partial charge in [0.05, 0.1) is 29.0 Å². The van der Waals surface area contributed by atoms with E-state index in [0.717, 1.165) is 20.9 Å². The number of allylic oxidation sites excluding steroid dienone is 2. The standard InChI is InChI=1S/C30H28BrN3O4S/c1-6-13-33-16-19(21-9-7-8-10-23(21)33)14-25-28(35)34-27(22-15-20(31)11-12-24(22)37-5)26(29(36)38-17(2)3)18(4)32-30(34)39-25/h6-12,14-17,27H,1,13H2,2-5H3/b25-14-/t27-/m0/s1. The molecular formula is C30H28BrN3O4S. The zero-order valence-electron chi connectivity index (χ0n) is 22.1. The van der Waals surface area contributed by atoms with Crippen LogP contribution in [0.15, 0.2) is 86.8 Å². The highest BCUT2D eigenvalue weighted by Crippen LogP contribution is 2.37. The van der Waals surface area contributed by atoms with E-state index in [2.05, 4.69) is 27.1 Å². The van der Waals surface area contributed by atoms with E-state index in [0.29, 0.717) is 38.5 Å². The number of hydrogen-bond donors (Lipinski definition) is 0. The molecule has 4 aromatic rings. The summed E-state index contributed by atoms with van der Waals surface area (Å²) in [4.78, 5) is 32.7. The molecule has 0 aliphatic carbocycles. The molecule has 0 spiro atoms. The van der Waals surface area contributed by atoms with Crippen molar-refractivity contribution in [3.8, 4) is 5.75 Å². The van der Waals surface area contributed by atoms with Gasteiger partial charge in [0.25, 0.3) is 5.56 Å². The van der Waals surface area contributed by atoms with Gasteiger partial charge in [-0.05, 0) is 51.1 Å². The number of aromatic nitrogens is 2. The SMILES string of the molecule is C=CCn1cc(/C=c2\sc3n(c2=O)[C@@H](c2cc(Br)ccc2OC)C(C(=O)OC(C)C)=C(C)N=3)c2ccccc21. The molecule has 0 N–H and O–H groups in total. The number of hydrogen-bond acceptors (Lipinski definition) is 6. The van der Waals surface area contributed by atoms with Gasteiger partial charge in [-0.25, -0.2) is 9.79 Å². The number of carbonyl (C=O) groups is 1. The fraction of sp³-hybridized carbons (Fsp3) is 0.233. The lowest BCUT2D eigenvalue weighted by atomic mass is 9.95. The molecule has 5 rings (SSSR count). The molecule has 0 amide bonds. The van der Waals surface area contributed by atoms with Gasteiger partial charge in [-0.2, -0.15) is 0 Å². The van der Waals surface area contributed by atoms with Crippen LogP contribution in [0.25, 0.3) is 17.0 Å². The zero-order valence-corrected chi connectivity index (χ0v) is 24.5. The maximum Gasteiger partial charge on any atom is 0.338 e. The average Bonchev–Trinajstić information content (AvgIpc) is 3.39. The van der Waals surface area contributed by atoms with E-state index < -0.39 is 12.0 Å². The summed E-state index contributed by atoms with van der Waals surface area (Å²) in [5.74, 6) is 0.0369. The fourth-order valence-electron chi connectivity index (χ4n) is 4.89. The third kappa shape index (κ3) is 4.92. The molecule has 7 nitrogen and oxygen atoms in total. The highest BCUT2D eigenvalue weighted by molar-refractivity contribution is 9.10. The molecule has 0 unspecified atom stereocenters. The first-order chi connectivity index (χ1) is 18.7. The molecule has 0 saturated heterocycles. The first kappa shape index (κ1) is 26.9. The van der Waals surface area contributed by atoms with Crippen LogP contribution in [0.1, 0.15) is 37.9 Å². The summed E-state index contributed by atoms with van der Waals surface area (Å²) in [6, 6.07) is 12.8. The molecule has 1 atom stereocenters. The number of rotatable bonds is 7. The van der Waals surface area contributed by atoms with Gasteiger partial charge >= 0.3 is 5.97 Å². The summed E-state index contributed by atoms with van der Waals surface area (Å²) in [5.41, 5.74) is 3.21. The molecule has 1 aliphatic rings. The van der Waals surface area contributed by atoms with Gasteiger partial charge in [0.1, 0.15) is 11.8 Å². The number of nitrogens with zero attached hydrogens (tertiary/aromatic N) is 3. The summed E-state index contributed by atoms with van der Waals surface area (Å²) in [7, 11) is 1.57. The van der Waals surface area contributed by atoms with Crippen molar-refractivity contribution in [2.45, 2.75) is 39.5 Å². The number of esters is 1. The third-order valence-electron chi connectivity index (χ3n) is 6.50. The lowest BCUT2D eigenvalue weighted by Gasteiger charge is -2.26. The Morgan fingerprint density at radius 2 is 2.03 bits per heavy atom. The smallest absolute Gasteiger partial charge is 0.338 e. The molecule has 1 aliphatic heterocycles. The van der Waals surface area contributed by atoms with Gasteiger partial charge in [0, 0.05) is 39.2 Å².